The molecule has 3 fully saturated rings. The number of ether oxygens (including phenoxy) is 2. The first kappa shape index (κ1) is 17.7. The zero-order valence-corrected chi connectivity index (χ0v) is 14.9. The van der Waals surface area contributed by atoms with Crippen LogP contribution in [0.4, 0.5) is 9.18 Å². The first-order valence-corrected chi connectivity index (χ1v) is 8.78. The van der Waals surface area contributed by atoms with Gasteiger partial charge < -0.3 is 19.9 Å². The van der Waals surface area contributed by atoms with Crippen molar-refractivity contribution in [3.8, 4) is 5.88 Å². The predicted octanol–water partition coefficient (Wildman–Crippen LogP) is 3.14. The molecule has 2 aromatic rings. The lowest BCUT2D eigenvalue weighted by Gasteiger charge is -2.51. The van der Waals surface area contributed by atoms with Gasteiger partial charge in [-0.05, 0) is 31.7 Å². The highest BCUT2D eigenvalue weighted by Crippen LogP contribution is 2.44. The fraction of sp³-hybridized carbons (Fsp3) is 0.421. The zero-order chi connectivity index (χ0) is 19.1. The third-order valence-electron chi connectivity index (χ3n) is 5.50. The number of hydrogen-bond donors (Lipinski definition) is 2. The van der Waals surface area contributed by atoms with Gasteiger partial charge in [0, 0.05) is 11.6 Å². The minimum atomic E-state index is -1.03. The molecule has 4 heterocycles. The summed E-state index contributed by atoms with van der Waals surface area (Å²) in [4.78, 5) is 19.4. The van der Waals surface area contributed by atoms with Gasteiger partial charge in [-0.3, -0.25) is 4.98 Å². The normalized spacial score (nSPS) is 27.2. The van der Waals surface area contributed by atoms with Crippen LogP contribution in [0.25, 0.3) is 17.1 Å². The van der Waals surface area contributed by atoms with Crippen LogP contribution in [0, 0.1) is 5.82 Å². The molecule has 0 radical (unpaired) electrons. The molecule has 2 bridgehead atoms. The van der Waals surface area contributed by atoms with Gasteiger partial charge in [-0.2, -0.15) is 0 Å². The van der Waals surface area contributed by atoms with E-state index in [0.29, 0.717) is 54.8 Å². The Morgan fingerprint density at radius 1 is 1.37 bits per heavy atom. The number of hydrogen-bond acceptors (Lipinski definition) is 5. The number of halogens is 1. The van der Waals surface area contributed by atoms with Crippen molar-refractivity contribution < 1.29 is 23.8 Å². The van der Waals surface area contributed by atoms with E-state index >= 15 is 0 Å². The Balaban J connectivity index is 1.63. The Bertz CT molecular complexity index is 906. The summed E-state index contributed by atoms with van der Waals surface area (Å²) in [6, 6.07) is 3.42. The maximum absolute atomic E-state index is 14.4. The number of pyridine rings is 2. The van der Waals surface area contributed by atoms with Gasteiger partial charge in [0.25, 0.3) is 0 Å². The molecule has 1 saturated carbocycles. The summed E-state index contributed by atoms with van der Waals surface area (Å²) in [6.45, 7) is 0.315. The average Bonchev–Trinajstić information content (AvgIpc) is 2.67. The molecule has 142 valence electrons. The van der Waals surface area contributed by atoms with E-state index in [1.165, 1.54) is 13.3 Å². The molecule has 0 atom stereocenters. The molecule has 5 rings (SSSR count). The van der Waals surface area contributed by atoms with Crippen LogP contribution >= 0.6 is 0 Å². The number of nitrogens with one attached hydrogen (secondary N) is 1. The summed E-state index contributed by atoms with van der Waals surface area (Å²) in [7, 11) is 1.50. The van der Waals surface area contributed by atoms with Crippen molar-refractivity contribution in [2.45, 2.75) is 36.8 Å². The molecule has 1 amide bonds. The van der Waals surface area contributed by atoms with Gasteiger partial charge in [0.2, 0.25) is 5.88 Å². The van der Waals surface area contributed by atoms with Crippen molar-refractivity contribution >= 4 is 23.2 Å². The summed E-state index contributed by atoms with van der Waals surface area (Å²) < 4.78 is 25.6. The zero-order valence-electron chi connectivity index (χ0n) is 14.9. The van der Waals surface area contributed by atoms with Crippen LogP contribution in [0.15, 0.2) is 24.4 Å². The predicted molar refractivity (Wildman–Crippen MR) is 96.1 cm³/mol. The van der Waals surface area contributed by atoms with E-state index in [9.17, 15) is 9.18 Å². The Morgan fingerprint density at radius 2 is 2.15 bits per heavy atom. The molecule has 8 heteroatoms. The van der Waals surface area contributed by atoms with E-state index in [0.717, 1.165) is 0 Å². The largest absolute Gasteiger partial charge is 0.481 e. The van der Waals surface area contributed by atoms with Crippen molar-refractivity contribution in [1.29, 1.82) is 0 Å². The maximum atomic E-state index is 14.4. The van der Waals surface area contributed by atoms with Crippen molar-refractivity contribution in [3.05, 3.63) is 35.8 Å². The van der Waals surface area contributed by atoms with Crippen molar-refractivity contribution in [3.63, 3.8) is 0 Å². The molecule has 7 nitrogen and oxygen atoms in total. The summed E-state index contributed by atoms with van der Waals surface area (Å²) in [5.74, 6) is -0.0803. The van der Waals surface area contributed by atoms with E-state index in [4.69, 9.17) is 14.6 Å². The highest BCUT2D eigenvalue weighted by Gasteiger charge is 2.49. The Morgan fingerprint density at radius 3 is 2.78 bits per heavy atom. The number of fused-ring (bicyclic) bond motifs is 4. The van der Waals surface area contributed by atoms with Gasteiger partial charge in [0.05, 0.1) is 36.6 Å². The maximum Gasteiger partial charge on any atom is 0.405 e. The van der Waals surface area contributed by atoms with Crippen LogP contribution in [0.1, 0.15) is 31.2 Å². The number of carboxylic acid groups (broad SMARTS) is 1. The third-order valence-corrected chi connectivity index (χ3v) is 5.50. The number of nitrogens with zero attached hydrogens (tertiary/aromatic N) is 2. The van der Waals surface area contributed by atoms with Crippen LogP contribution in [0.2, 0.25) is 0 Å². The summed E-state index contributed by atoms with van der Waals surface area (Å²) in [5, 5.41) is 11.6. The Kier molecular flexibility index (Phi) is 4.22. The van der Waals surface area contributed by atoms with Crippen LogP contribution in [0.5, 0.6) is 5.88 Å². The van der Waals surface area contributed by atoms with Gasteiger partial charge in [-0.15, -0.1) is 0 Å². The molecule has 2 aliphatic heterocycles. The second-order valence-electron chi connectivity index (χ2n) is 7.14. The molecule has 3 aliphatic rings. The molecule has 0 unspecified atom stereocenters. The Labute approximate surface area is 155 Å². The van der Waals surface area contributed by atoms with Gasteiger partial charge in [-0.1, -0.05) is 12.2 Å². The smallest absolute Gasteiger partial charge is 0.405 e. The van der Waals surface area contributed by atoms with E-state index in [2.05, 4.69) is 15.3 Å². The molecular formula is C19H20FN3O4. The van der Waals surface area contributed by atoms with Crippen LogP contribution in [0.3, 0.4) is 0 Å². The minimum absolute atomic E-state index is 0.315. The highest BCUT2D eigenvalue weighted by molar-refractivity contribution is 5.84. The minimum Gasteiger partial charge on any atom is -0.481 e. The van der Waals surface area contributed by atoms with Crippen LogP contribution in [-0.4, -0.2) is 46.0 Å². The second kappa shape index (κ2) is 6.45. The van der Waals surface area contributed by atoms with E-state index < -0.39 is 23.1 Å². The van der Waals surface area contributed by atoms with Crippen LogP contribution < -0.4 is 10.1 Å². The van der Waals surface area contributed by atoms with Gasteiger partial charge in [0.15, 0.2) is 5.82 Å². The third kappa shape index (κ3) is 3.21. The SMILES string of the molecule is COc1ccc2ncc(F)c(C=CC34CCC(NC(=O)O)(CC3)CO4)c2n1. The number of carbonyl (C=O) groups is 1. The molecule has 2 aromatic heterocycles. The van der Waals surface area contributed by atoms with E-state index in [1.807, 2.05) is 6.08 Å². The monoisotopic (exact) mass is 373 g/mol. The van der Waals surface area contributed by atoms with Crippen molar-refractivity contribution in [1.82, 2.24) is 15.3 Å². The van der Waals surface area contributed by atoms with E-state index in [1.54, 1.807) is 18.2 Å². The van der Waals surface area contributed by atoms with Crippen molar-refractivity contribution in [2.24, 2.45) is 0 Å². The quantitative estimate of drug-likeness (QED) is 0.855. The summed E-state index contributed by atoms with van der Waals surface area (Å²) in [5.41, 5.74) is 0.319. The molecule has 1 aliphatic carbocycles. The molecule has 0 spiro atoms. The second-order valence-corrected chi connectivity index (χ2v) is 7.14. The Hall–Kier alpha value is -2.74. The molecule has 2 saturated heterocycles. The molecule has 27 heavy (non-hydrogen) atoms. The van der Waals surface area contributed by atoms with Crippen molar-refractivity contribution in [2.75, 3.05) is 13.7 Å². The number of amides is 1. The molecular weight excluding hydrogens is 353 g/mol. The lowest BCUT2D eigenvalue weighted by molar-refractivity contribution is -0.131. The number of rotatable bonds is 4. The first-order chi connectivity index (χ1) is 12.9. The summed E-state index contributed by atoms with van der Waals surface area (Å²) >= 11 is 0. The highest BCUT2D eigenvalue weighted by atomic mass is 19.1. The lowest BCUT2D eigenvalue weighted by Crippen LogP contribution is -2.62. The lowest BCUT2D eigenvalue weighted by atomic mass is 9.71. The van der Waals surface area contributed by atoms with Crippen LogP contribution in [-0.2, 0) is 4.74 Å². The topological polar surface area (TPSA) is 93.6 Å². The van der Waals surface area contributed by atoms with Gasteiger partial charge in [0.1, 0.15) is 5.52 Å². The van der Waals surface area contributed by atoms with E-state index in [-0.39, 0.29) is 0 Å². The first-order valence-electron chi connectivity index (χ1n) is 8.78. The number of aromatic nitrogens is 2. The van der Waals surface area contributed by atoms with Gasteiger partial charge in [-0.25, -0.2) is 14.2 Å². The standard InChI is InChI=1S/C19H20FN3O4/c1-26-15-3-2-14-16(22-15)12(13(20)10-21-14)4-5-19-8-6-18(7-9-19,11-27-19)23-17(24)25/h2-5,10,23H,6-9,11H2,1H3,(H,24,25). The van der Waals surface area contributed by atoms with Gasteiger partial charge >= 0.3 is 6.09 Å². The molecule has 2 N–H and O–H groups in total. The fourth-order valence-corrected chi connectivity index (χ4v) is 3.88. The number of methoxy groups -OCH3 is 1. The summed E-state index contributed by atoms with van der Waals surface area (Å²) in [6.07, 6.45) is 6.43. The fourth-order valence-electron chi connectivity index (χ4n) is 3.88. The average molecular weight is 373 g/mol. The molecule has 0 aromatic carbocycles.